The molecular weight excluding hydrogens is 378 g/mol. The third-order valence-corrected chi connectivity index (χ3v) is 5.12. The van der Waals surface area contributed by atoms with E-state index in [1.165, 1.54) is 0 Å². The molecule has 5 nitrogen and oxygen atoms in total. The molecule has 0 heterocycles. The van der Waals surface area contributed by atoms with Gasteiger partial charge in [0.1, 0.15) is 0 Å². The van der Waals surface area contributed by atoms with Crippen LogP contribution in [0, 0.1) is 11.3 Å². The summed E-state index contributed by atoms with van der Waals surface area (Å²) in [5, 5.41) is 2.81. The average Bonchev–Trinajstić information content (AvgIpc) is 2.72. The third-order valence-electron chi connectivity index (χ3n) is 5.12. The van der Waals surface area contributed by atoms with Crippen molar-refractivity contribution in [3.05, 3.63) is 65.7 Å². The molecule has 0 fully saturated rings. The molecule has 0 saturated heterocycles. The smallest absolute Gasteiger partial charge is 0.314 e. The van der Waals surface area contributed by atoms with Gasteiger partial charge in [-0.1, -0.05) is 71.4 Å². The van der Waals surface area contributed by atoms with Crippen LogP contribution in [-0.4, -0.2) is 24.3 Å². The van der Waals surface area contributed by atoms with Gasteiger partial charge in [0.05, 0.1) is 5.92 Å². The van der Waals surface area contributed by atoms with E-state index in [2.05, 4.69) is 5.32 Å². The number of rotatable bonds is 8. The molecule has 2 aromatic carbocycles. The summed E-state index contributed by atoms with van der Waals surface area (Å²) < 4.78 is 5.38. The van der Waals surface area contributed by atoms with Gasteiger partial charge in [-0.2, -0.15) is 0 Å². The second kappa shape index (κ2) is 10.2. The second-order valence-electron chi connectivity index (χ2n) is 8.59. The van der Waals surface area contributed by atoms with Crippen molar-refractivity contribution in [1.82, 2.24) is 0 Å². The van der Waals surface area contributed by atoms with Crippen LogP contribution >= 0.6 is 0 Å². The molecule has 2 rings (SSSR count). The van der Waals surface area contributed by atoms with E-state index in [0.717, 1.165) is 12.0 Å². The van der Waals surface area contributed by atoms with Crippen molar-refractivity contribution in [3.8, 4) is 0 Å². The molecular formula is C25H31NO4. The quantitative estimate of drug-likeness (QED) is 0.479. The standard InChI is InChI=1S/C25H31NO4/c1-6-17(2)22(19-10-8-7-9-11-19)23(28)30-16-21(27)18-12-14-20(15-13-18)26-24(29)25(3,4)5/h7-15,17,22H,6,16H2,1-5H3,(H,26,29)/t17-,22-/m0/s1. The van der Waals surface area contributed by atoms with Crippen molar-refractivity contribution < 1.29 is 19.1 Å². The first-order chi connectivity index (χ1) is 14.1. The van der Waals surface area contributed by atoms with Crippen LogP contribution in [0.1, 0.15) is 62.9 Å². The van der Waals surface area contributed by atoms with Crippen molar-refractivity contribution >= 4 is 23.3 Å². The molecule has 1 N–H and O–H groups in total. The minimum atomic E-state index is -0.506. The minimum Gasteiger partial charge on any atom is -0.457 e. The Balaban J connectivity index is 2.00. The molecule has 160 valence electrons. The molecule has 0 aliphatic heterocycles. The molecule has 0 aliphatic carbocycles. The van der Waals surface area contributed by atoms with Crippen LogP contribution < -0.4 is 5.32 Å². The van der Waals surface area contributed by atoms with Gasteiger partial charge < -0.3 is 10.1 Å². The molecule has 30 heavy (non-hydrogen) atoms. The van der Waals surface area contributed by atoms with Crippen LogP contribution in [0.2, 0.25) is 0 Å². The zero-order valence-electron chi connectivity index (χ0n) is 18.4. The highest BCUT2D eigenvalue weighted by Gasteiger charge is 2.28. The van der Waals surface area contributed by atoms with Gasteiger partial charge in [-0.3, -0.25) is 14.4 Å². The van der Waals surface area contributed by atoms with Crippen LogP contribution in [0.15, 0.2) is 54.6 Å². The fraction of sp³-hybridized carbons (Fsp3) is 0.400. The zero-order valence-corrected chi connectivity index (χ0v) is 18.4. The number of hydrogen-bond acceptors (Lipinski definition) is 4. The second-order valence-corrected chi connectivity index (χ2v) is 8.59. The lowest BCUT2D eigenvalue weighted by Gasteiger charge is -2.21. The number of hydrogen-bond donors (Lipinski definition) is 1. The van der Waals surface area contributed by atoms with Gasteiger partial charge in [0.15, 0.2) is 12.4 Å². The predicted molar refractivity (Wildman–Crippen MR) is 118 cm³/mol. The number of ketones is 1. The number of ether oxygens (including phenoxy) is 1. The molecule has 0 radical (unpaired) electrons. The van der Waals surface area contributed by atoms with Gasteiger partial charge in [0, 0.05) is 16.7 Å². The van der Waals surface area contributed by atoms with Gasteiger partial charge in [-0.25, -0.2) is 0 Å². The molecule has 1 amide bonds. The van der Waals surface area contributed by atoms with E-state index in [4.69, 9.17) is 4.74 Å². The fourth-order valence-electron chi connectivity index (χ4n) is 2.96. The number of carbonyl (C=O) groups is 3. The van der Waals surface area contributed by atoms with Crippen LogP contribution in [0.25, 0.3) is 0 Å². The van der Waals surface area contributed by atoms with Crippen molar-refractivity contribution in [2.45, 2.75) is 47.0 Å². The third kappa shape index (κ3) is 6.28. The molecule has 0 aromatic heterocycles. The van der Waals surface area contributed by atoms with E-state index < -0.39 is 17.3 Å². The van der Waals surface area contributed by atoms with Gasteiger partial charge in [0.2, 0.25) is 5.91 Å². The molecule has 0 aliphatic rings. The maximum Gasteiger partial charge on any atom is 0.314 e. The van der Waals surface area contributed by atoms with E-state index in [0.29, 0.717) is 11.3 Å². The van der Waals surface area contributed by atoms with Crippen molar-refractivity contribution in [2.24, 2.45) is 11.3 Å². The minimum absolute atomic E-state index is 0.0979. The SMILES string of the molecule is CC[C@H](C)[C@H](C(=O)OCC(=O)c1ccc(NC(=O)C(C)(C)C)cc1)c1ccccc1. The highest BCUT2D eigenvalue weighted by molar-refractivity contribution is 5.99. The maximum absolute atomic E-state index is 12.7. The van der Waals surface area contributed by atoms with Crippen LogP contribution in [0.5, 0.6) is 0 Å². The molecule has 0 spiro atoms. The summed E-state index contributed by atoms with van der Waals surface area (Å²) >= 11 is 0. The summed E-state index contributed by atoms with van der Waals surface area (Å²) in [4.78, 5) is 37.3. The number of anilines is 1. The van der Waals surface area contributed by atoms with Crippen LogP contribution in [-0.2, 0) is 14.3 Å². The Morgan fingerprint density at radius 2 is 1.57 bits per heavy atom. The van der Waals surface area contributed by atoms with Crippen molar-refractivity contribution in [3.63, 3.8) is 0 Å². The summed E-state index contributed by atoms with van der Waals surface area (Å²) in [7, 11) is 0. The lowest BCUT2D eigenvalue weighted by atomic mass is 9.85. The Morgan fingerprint density at radius 1 is 0.967 bits per heavy atom. The Hall–Kier alpha value is -2.95. The van der Waals surface area contributed by atoms with E-state index in [1.54, 1.807) is 24.3 Å². The van der Waals surface area contributed by atoms with E-state index in [1.807, 2.05) is 65.0 Å². The largest absolute Gasteiger partial charge is 0.457 e. The monoisotopic (exact) mass is 409 g/mol. The van der Waals surface area contributed by atoms with Crippen LogP contribution in [0.3, 0.4) is 0 Å². The number of esters is 1. The van der Waals surface area contributed by atoms with E-state index in [-0.39, 0.29) is 24.2 Å². The number of benzene rings is 2. The van der Waals surface area contributed by atoms with Gasteiger partial charge in [-0.05, 0) is 35.7 Å². The van der Waals surface area contributed by atoms with Crippen LogP contribution in [0.4, 0.5) is 5.69 Å². The average molecular weight is 410 g/mol. The molecule has 0 bridgehead atoms. The lowest BCUT2D eigenvalue weighted by molar-refractivity contribution is -0.145. The highest BCUT2D eigenvalue weighted by Crippen LogP contribution is 2.28. The first-order valence-electron chi connectivity index (χ1n) is 10.3. The van der Waals surface area contributed by atoms with E-state index in [9.17, 15) is 14.4 Å². The van der Waals surface area contributed by atoms with Crippen molar-refractivity contribution in [2.75, 3.05) is 11.9 Å². The van der Waals surface area contributed by atoms with Gasteiger partial charge in [0.25, 0.3) is 0 Å². The summed E-state index contributed by atoms with van der Waals surface area (Å²) in [6.07, 6.45) is 0.824. The summed E-state index contributed by atoms with van der Waals surface area (Å²) in [6, 6.07) is 16.1. The highest BCUT2D eigenvalue weighted by atomic mass is 16.5. The Labute approximate surface area is 178 Å². The number of Topliss-reactive ketones (excluding diaryl/α,β-unsaturated/α-hetero) is 1. The van der Waals surface area contributed by atoms with Gasteiger partial charge in [-0.15, -0.1) is 0 Å². The Kier molecular flexibility index (Phi) is 7.93. The Morgan fingerprint density at radius 3 is 2.10 bits per heavy atom. The van der Waals surface area contributed by atoms with E-state index >= 15 is 0 Å². The fourth-order valence-corrected chi connectivity index (χ4v) is 2.96. The number of amides is 1. The predicted octanol–water partition coefficient (Wildman–Crippen LogP) is 5.23. The molecule has 0 saturated carbocycles. The lowest BCUT2D eigenvalue weighted by Crippen LogP contribution is -2.27. The Bertz CT molecular complexity index is 866. The normalized spacial score (nSPS) is 13.2. The van der Waals surface area contributed by atoms with Gasteiger partial charge >= 0.3 is 5.97 Å². The van der Waals surface area contributed by atoms with Crippen molar-refractivity contribution in [1.29, 1.82) is 0 Å². The number of carbonyl (C=O) groups excluding carboxylic acids is 3. The molecule has 0 unspecified atom stereocenters. The number of nitrogens with one attached hydrogen (secondary N) is 1. The first-order valence-corrected chi connectivity index (χ1v) is 10.3. The topological polar surface area (TPSA) is 72.5 Å². The first kappa shape index (κ1) is 23.3. The molecule has 2 aromatic rings. The maximum atomic E-state index is 12.7. The molecule has 5 heteroatoms. The summed E-state index contributed by atoms with van der Waals surface area (Å²) in [5.74, 6) is -1.09. The molecule has 2 atom stereocenters. The summed E-state index contributed by atoms with van der Waals surface area (Å²) in [5.41, 5.74) is 1.43. The zero-order chi connectivity index (χ0) is 22.3. The summed E-state index contributed by atoms with van der Waals surface area (Å²) in [6.45, 7) is 9.21.